The topological polar surface area (TPSA) is 81.0 Å². The molecule has 1 N–H and O–H groups in total. The van der Waals surface area contributed by atoms with Crippen molar-refractivity contribution in [2.24, 2.45) is 0 Å². The minimum Gasteiger partial charge on any atom is -0.364 e. The van der Waals surface area contributed by atoms with Crippen LogP contribution in [0, 0.1) is 17.0 Å². The molecule has 2 aromatic heterocycles. The van der Waals surface area contributed by atoms with Gasteiger partial charge >= 0.3 is 0 Å². The van der Waals surface area contributed by atoms with Gasteiger partial charge in [-0.2, -0.15) is 0 Å². The summed E-state index contributed by atoms with van der Waals surface area (Å²) in [5.41, 5.74) is 1.62. The summed E-state index contributed by atoms with van der Waals surface area (Å²) in [5.74, 6) is 0.631. The highest BCUT2D eigenvalue weighted by Crippen LogP contribution is 2.18. The van der Waals surface area contributed by atoms with Gasteiger partial charge in [0.2, 0.25) is 0 Å². The van der Waals surface area contributed by atoms with Gasteiger partial charge in [0.1, 0.15) is 12.0 Å². The van der Waals surface area contributed by atoms with Gasteiger partial charge in [0.15, 0.2) is 0 Å². The van der Waals surface area contributed by atoms with Crippen molar-refractivity contribution in [2.45, 2.75) is 13.5 Å². The van der Waals surface area contributed by atoms with Crippen molar-refractivity contribution in [3.63, 3.8) is 0 Å². The van der Waals surface area contributed by atoms with Crippen molar-refractivity contribution in [1.82, 2.24) is 9.97 Å². The molecule has 0 saturated heterocycles. The molecule has 6 heteroatoms. The van der Waals surface area contributed by atoms with Gasteiger partial charge in [0.05, 0.1) is 17.2 Å². The third-order valence-electron chi connectivity index (χ3n) is 2.44. The lowest BCUT2D eigenvalue weighted by Crippen LogP contribution is -2.05. The van der Waals surface area contributed by atoms with Gasteiger partial charge in [0, 0.05) is 12.3 Å². The molecule has 0 amide bonds. The fraction of sp³-hybridized carbons (Fsp3) is 0.167. The van der Waals surface area contributed by atoms with Crippen molar-refractivity contribution in [3.05, 3.63) is 58.0 Å². The first-order valence-electron chi connectivity index (χ1n) is 5.41. The number of hydrogen-bond donors (Lipinski definition) is 1. The van der Waals surface area contributed by atoms with Gasteiger partial charge in [-0.3, -0.25) is 15.1 Å². The predicted molar refractivity (Wildman–Crippen MR) is 67.2 cm³/mol. The molecule has 92 valence electrons. The maximum atomic E-state index is 10.6. The normalized spacial score (nSPS) is 10.1. The van der Waals surface area contributed by atoms with Crippen LogP contribution >= 0.6 is 0 Å². The quantitative estimate of drug-likeness (QED) is 0.659. The van der Waals surface area contributed by atoms with Crippen LogP contribution in [0.4, 0.5) is 11.5 Å². The molecule has 0 aliphatic carbocycles. The number of rotatable bonds is 4. The van der Waals surface area contributed by atoms with Crippen molar-refractivity contribution in [1.29, 1.82) is 0 Å². The first-order valence-corrected chi connectivity index (χ1v) is 5.41. The van der Waals surface area contributed by atoms with E-state index in [9.17, 15) is 10.1 Å². The summed E-state index contributed by atoms with van der Waals surface area (Å²) in [6.45, 7) is 2.31. The van der Waals surface area contributed by atoms with Crippen LogP contribution in [-0.2, 0) is 6.54 Å². The van der Waals surface area contributed by atoms with E-state index >= 15 is 0 Å². The van der Waals surface area contributed by atoms with E-state index in [-0.39, 0.29) is 5.69 Å². The fourth-order valence-corrected chi connectivity index (χ4v) is 1.52. The lowest BCUT2D eigenvalue weighted by molar-refractivity contribution is -0.385. The lowest BCUT2D eigenvalue weighted by atomic mass is 10.2. The molecule has 2 heterocycles. The van der Waals surface area contributed by atoms with Crippen LogP contribution < -0.4 is 5.32 Å². The van der Waals surface area contributed by atoms with Crippen LogP contribution in [0.25, 0.3) is 0 Å². The standard InChI is InChI=1S/C12H12N4O2/c1-9-6-11(16(17)18)8-15-12(9)14-7-10-4-2-3-5-13-10/h2-6,8H,7H2,1H3,(H,14,15). The Kier molecular flexibility index (Phi) is 3.47. The highest BCUT2D eigenvalue weighted by atomic mass is 16.6. The second-order valence-corrected chi connectivity index (χ2v) is 3.79. The molecular formula is C12H12N4O2. The molecule has 0 radical (unpaired) electrons. The van der Waals surface area contributed by atoms with Crippen LogP contribution in [0.2, 0.25) is 0 Å². The van der Waals surface area contributed by atoms with Gasteiger partial charge in [0.25, 0.3) is 5.69 Å². The van der Waals surface area contributed by atoms with E-state index in [0.717, 1.165) is 11.3 Å². The maximum Gasteiger partial charge on any atom is 0.287 e. The average molecular weight is 244 g/mol. The summed E-state index contributed by atoms with van der Waals surface area (Å²) < 4.78 is 0. The number of pyridine rings is 2. The van der Waals surface area contributed by atoms with Gasteiger partial charge < -0.3 is 5.32 Å². The minimum atomic E-state index is -0.456. The molecule has 0 spiro atoms. The third-order valence-corrected chi connectivity index (χ3v) is 2.44. The molecule has 0 atom stereocenters. The molecule has 6 nitrogen and oxygen atoms in total. The SMILES string of the molecule is Cc1cc([N+](=O)[O-])cnc1NCc1ccccn1. The van der Waals surface area contributed by atoms with E-state index in [2.05, 4.69) is 15.3 Å². The number of nitro groups is 1. The van der Waals surface area contributed by atoms with E-state index in [0.29, 0.717) is 12.4 Å². The number of aromatic nitrogens is 2. The van der Waals surface area contributed by atoms with Crippen molar-refractivity contribution < 1.29 is 4.92 Å². The van der Waals surface area contributed by atoms with Crippen LogP contribution in [0.1, 0.15) is 11.3 Å². The van der Waals surface area contributed by atoms with E-state index in [1.807, 2.05) is 18.2 Å². The van der Waals surface area contributed by atoms with Gasteiger partial charge in [-0.1, -0.05) is 6.07 Å². The highest BCUT2D eigenvalue weighted by Gasteiger charge is 2.09. The van der Waals surface area contributed by atoms with Gasteiger partial charge in [-0.25, -0.2) is 4.98 Å². The Balaban J connectivity index is 2.08. The van der Waals surface area contributed by atoms with Gasteiger partial charge in [-0.05, 0) is 24.6 Å². The summed E-state index contributed by atoms with van der Waals surface area (Å²) in [6, 6.07) is 7.14. The zero-order valence-electron chi connectivity index (χ0n) is 9.83. The minimum absolute atomic E-state index is 0.00381. The smallest absolute Gasteiger partial charge is 0.287 e. The molecule has 0 saturated carbocycles. The van der Waals surface area contributed by atoms with Crippen LogP contribution in [0.15, 0.2) is 36.7 Å². The Labute approximate surface area is 104 Å². The zero-order valence-corrected chi connectivity index (χ0v) is 9.83. The molecule has 18 heavy (non-hydrogen) atoms. The molecule has 2 rings (SSSR count). The lowest BCUT2D eigenvalue weighted by Gasteiger charge is -2.07. The summed E-state index contributed by atoms with van der Waals surface area (Å²) in [6.07, 6.45) is 2.96. The molecular weight excluding hydrogens is 232 g/mol. The second kappa shape index (κ2) is 5.22. The molecule has 0 bridgehead atoms. The van der Waals surface area contributed by atoms with E-state index < -0.39 is 4.92 Å². The Morgan fingerprint density at radius 1 is 1.39 bits per heavy atom. The second-order valence-electron chi connectivity index (χ2n) is 3.79. The first-order chi connectivity index (χ1) is 8.66. The number of anilines is 1. The zero-order chi connectivity index (χ0) is 13.0. The molecule has 0 aliphatic heterocycles. The largest absolute Gasteiger partial charge is 0.364 e. The van der Waals surface area contributed by atoms with E-state index in [4.69, 9.17) is 0 Å². The van der Waals surface area contributed by atoms with Crippen molar-refractivity contribution in [3.8, 4) is 0 Å². The third kappa shape index (κ3) is 2.79. The number of nitrogens with one attached hydrogen (secondary N) is 1. The van der Waals surface area contributed by atoms with Gasteiger partial charge in [-0.15, -0.1) is 0 Å². The summed E-state index contributed by atoms with van der Waals surface area (Å²) in [7, 11) is 0. The Bertz CT molecular complexity index is 557. The molecule has 2 aromatic rings. The Morgan fingerprint density at radius 2 is 2.22 bits per heavy atom. The predicted octanol–water partition coefficient (Wildman–Crippen LogP) is 2.31. The number of aryl methyl sites for hydroxylation is 1. The van der Waals surface area contributed by atoms with Crippen LogP contribution in [0.3, 0.4) is 0 Å². The fourth-order valence-electron chi connectivity index (χ4n) is 1.52. The van der Waals surface area contributed by atoms with Crippen molar-refractivity contribution in [2.75, 3.05) is 5.32 Å². The molecule has 0 aliphatic rings. The summed E-state index contributed by atoms with van der Waals surface area (Å²) in [4.78, 5) is 18.3. The number of nitrogens with zero attached hydrogens (tertiary/aromatic N) is 3. The monoisotopic (exact) mass is 244 g/mol. The van der Waals surface area contributed by atoms with E-state index in [1.165, 1.54) is 12.3 Å². The molecule has 0 fully saturated rings. The van der Waals surface area contributed by atoms with Crippen LogP contribution in [0.5, 0.6) is 0 Å². The summed E-state index contributed by atoms with van der Waals surface area (Å²) >= 11 is 0. The first kappa shape index (κ1) is 12.0. The van der Waals surface area contributed by atoms with Crippen LogP contribution in [-0.4, -0.2) is 14.9 Å². The average Bonchev–Trinajstić information content (AvgIpc) is 2.38. The van der Waals surface area contributed by atoms with E-state index in [1.54, 1.807) is 13.1 Å². The Morgan fingerprint density at radius 3 is 2.83 bits per heavy atom. The molecule has 0 unspecified atom stereocenters. The highest BCUT2D eigenvalue weighted by molar-refractivity contribution is 5.48. The Hall–Kier alpha value is -2.50. The maximum absolute atomic E-state index is 10.6. The molecule has 0 aromatic carbocycles. The summed E-state index contributed by atoms with van der Waals surface area (Å²) in [5, 5.41) is 13.7. The number of hydrogen-bond acceptors (Lipinski definition) is 5. The van der Waals surface area contributed by atoms with Crippen molar-refractivity contribution >= 4 is 11.5 Å².